The largest absolute Gasteiger partial charge is 0.508 e. The number of benzene rings is 3. The summed E-state index contributed by atoms with van der Waals surface area (Å²) in [6, 6.07) is 10.2. The van der Waals surface area contributed by atoms with Crippen molar-refractivity contribution in [3.05, 3.63) is 88.1 Å². The molecule has 3 N–H and O–H groups in total. The zero-order valence-corrected chi connectivity index (χ0v) is 17.4. The third-order valence-electron chi connectivity index (χ3n) is 5.27. The predicted molar refractivity (Wildman–Crippen MR) is 117 cm³/mol. The van der Waals surface area contributed by atoms with Crippen molar-refractivity contribution in [2.75, 3.05) is 7.11 Å². The number of hydrogen-bond donors (Lipinski definition) is 3. The van der Waals surface area contributed by atoms with Crippen LogP contribution >= 0.6 is 0 Å². The van der Waals surface area contributed by atoms with E-state index >= 15 is 0 Å². The Balaban J connectivity index is 2.13. The number of alkyl halides is 3. The molecule has 1 heterocycles. The van der Waals surface area contributed by atoms with Crippen LogP contribution in [0, 0.1) is 11.2 Å². The summed E-state index contributed by atoms with van der Waals surface area (Å²) in [5.41, 5.74) is -1.73. The maximum atomic E-state index is 14.4. The van der Waals surface area contributed by atoms with Gasteiger partial charge in [-0.3, -0.25) is 14.8 Å². The summed E-state index contributed by atoms with van der Waals surface area (Å²) in [6.45, 7) is 0. The van der Waals surface area contributed by atoms with Gasteiger partial charge in [-0.05, 0) is 54.1 Å². The summed E-state index contributed by atoms with van der Waals surface area (Å²) in [4.78, 5) is 13.4. The van der Waals surface area contributed by atoms with Gasteiger partial charge >= 0.3 is 6.18 Å². The average Bonchev–Trinajstić information content (AvgIpc) is 2.78. The molecule has 0 unspecified atom stereocenters. The Kier molecular flexibility index (Phi) is 5.52. The smallest absolute Gasteiger partial charge is 0.419 e. The molecule has 10 heteroatoms. The lowest BCUT2D eigenvalue weighted by atomic mass is 9.96. The van der Waals surface area contributed by atoms with Crippen molar-refractivity contribution in [1.82, 2.24) is 4.57 Å². The summed E-state index contributed by atoms with van der Waals surface area (Å²) >= 11 is 0. The number of phenols is 2. The summed E-state index contributed by atoms with van der Waals surface area (Å²) in [5.74, 6) is -2.34. The molecule has 0 saturated heterocycles. The number of nitrogens with one attached hydrogen (secondary N) is 1. The van der Waals surface area contributed by atoms with Crippen LogP contribution in [0.25, 0.3) is 27.6 Å². The second-order valence-electron chi connectivity index (χ2n) is 7.38. The maximum Gasteiger partial charge on any atom is 0.419 e. The third kappa shape index (κ3) is 3.94. The zero-order valence-electron chi connectivity index (χ0n) is 17.4. The summed E-state index contributed by atoms with van der Waals surface area (Å²) in [5, 5.41) is 27.9. The van der Waals surface area contributed by atoms with Crippen LogP contribution in [0.4, 0.5) is 17.6 Å². The van der Waals surface area contributed by atoms with E-state index in [0.29, 0.717) is 17.8 Å². The number of ether oxygens (including phenoxy) is 1. The Morgan fingerprint density at radius 3 is 2.26 bits per heavy atom. The van der Waals surface area contributed by atoms with Gasteiger partial charge in [-0.25, -0.2) is 4.39 Å². The lowest BCUT2D eigenvalue weighted by molar-refractivity contribution is -0.139. The number of halogens is 4. The summed E-state index contributed by atoms with van der Waals surface area (Å²) in [7, 11) is 1.20. The van der Waals surface area contributed by atoms with Gasteiger partial charge in [0.25, 0.3) is 5.56 Å². The van der Waals surface area contributed by atoms with E-state index in [9.17, 15) is 32.6 Å². The first-order valence-corrected chi connectivity index (χ1v) is 9.73. The zero-order chi connectivity index (χ0) is 24.8. The molecule has 0 fully saturated rings. The molecule has 174 valence electrons. The molecule has 0 aliphatic rings. The van der Waals surface area contributed by atoms with E-state index in [-0.39, 0.29) is 39.0 Å². The van der Waals surface area contributed by atoms with E-state index in [4.69, 9.17) is 10.1 Å². The van der Waals surface area contributed by atoms with Crippen LogP contribution in [0.2, 0.25) is 0 Å². The van der Waals surface area contributed by atoms with Crippen molar-refractivity contribution in [2.24, 2.45) is 0 Å². The SMILES string of the molecule is COC(=N)c1cc(O)cc2c(-c3ccc(C(F)(F)F)c(F)c3)cn(-c3ccc(O)cc3)c(=O)c12. The van der Waals surface area contributed by atoms with Crippen LogP contribution in [0.1, 0.15) is 11.1 Å². The van der Waals surface area contributed by atoms with Crippen LogP contribution in [0.5, 0.6) is 11.5 Å². The second-order valence-corrected chi connectivity index (χ2v) is 7.38. The molecule has 0 aliphatic heterocycles. The van der Waals surface area contributed by atoms with Crippen molar-refractivity contribution < 1.29 is 32.5 Å². The number of phenolic OH excluding ortho intramolecular Hbond substituents is 2. The van der Waals surface area contributed by atoms with Crippen LogP contribution in [-0.4, -0.2) is 27.8 Å². The number of aromatic nitrogens is 1. The molecule has 4 aromatic rings. The van der Waals surface area contributed by atoms with Crippen molar-refractivity contribution in [2.45, 2.75) is 6.18 Å². The standard InChI is InChI=1S/C24H16F4N2O4/c1-34-22(29)17-10-15(32)9-16-18(12-2-7-19(20(25)8-12)24(26,27)28)11-30(23(33)21(16)17)13-3-5-14(31)6-4-13/h2-11,29,31-32H,1H3. The van der Waals surface area contributed by atoms with Gasteiger partial charge in [0.05, 0.1) is 23.6 Å². The molecule has 0 saturated carbocycles. The Bertz CT molecular complexity index is 1490. The fourth-order valence-electron chi connectivity index (χ4n) is 3.68. The van der Waals surface area contributed by atoms with Crippen molar-refractivity contribution in [3.8, 4) is 28.3 Å². The van der Waals surface area contributed by atoms with E-state index in [0.717, 1.165) is 16.7 Å². The molecule has 4 rings (SSSR count). The minimum atomic E-state index is -4.89. The highest BCUT2D eigenvalue weighted by molar-refractivity contribution is 6.09. The first-order valence-electron chi connectivity index (χ1n) is 9.73. The second kappa shape index (κ2) is 8.22. The molecular weight excluding hydrogens is 456 g/mol. The molecule has 0 atom stereocenters. The Labute approximate surface area is 189 Å². The minimum Gasteiger partial charge on any atom is -0.508 e. The molecule has 0 bridgehead atoms. The van der Waals surface area contributed by atoms with E-state index in [1.807, 2.05) is 0 Å². The number of aromatic hydroxyl groups is 2. The van der Waals surface area contributed by atoms with Gasteiger partial charge in [0.2, 0.25) is 5.90 Å². The Morgan fingerprint density at radius 1 is 1.00 bits per heavy atom. The van der Waals surface area contributed by atoms with Gasteiger partial charge in [0.1, 0.15) is 17.3 Å². The van der Waals surface area contributed by atoms with Gasteiger partial charge in [-0.1, -0.05) is 6.07 Å². The fourth-order valence-corrected chi connectivity index (χ4v) is 3.68. The number of hydrogen-bond acceptors (Lipinski definition) is 5. The maximum absolute atomic E-state index is 14.4. The van der Waals surface area contributed by atoms with Crippen LogP contribution < -0.4 is 5.56 Å². The molecule has 0 radical (unpaired) electrons. The van der Waals surface area contributed by atoms with Crippen LogP contribution in [-0.2, 0) is 10.9 Å². The lowest BCUT2D eigenvalue weighted by Crippen LogP contribution is -2.21. The Morgan fingerprint density at radius 2 is 1.68 bits per heavy atom. The van der Waals surface area contributed by atoms with Gasteiger partial charge < -0.3 is 14.9 Å². The molecule has 34 heavy (non-hydrogen) atoms. The number of nitrogens with zero attached hydrogens (tertiary/aromatic N) is 1. The van der Waals surface area contributed by atoms with Crippen LogP contribution in [0.15, 0.2) is 65.6 Å². The summed E-state index contributed by atoms with van der Waals surface area (Å²) < 4.78 is 59.7. The third-order valence-corrected chi connectivity index (χ3v) is 5.27. The number of methoxy groups -OCH3 is 1. The average molecular weight is 472 g/mol. The topological polar surface area (TPSA) is 95.5 Å². The molecule has 0 spiro atoms. The lowest BCUT2D eigenvalue weighted by Gasteiger charge is -2.16. The molecule has 0 aliphatic carbocycles. The van der Waals surface area contributed by atoms with Crippen molar-refractivity contribution in [1.29, 1.82) is 5.41 Å². The molecule has 0 amide bonds. The van der Waals surface area contributed by atoms with E-state index in [1.54, 1.807) is 0 Å². The van der Waals surface area contributed by atoms with Gasteiger partial charge in [-0.2, -0.15) is 13.2 Å². The highest BCUT2D eigenvalue weighted by Crippen LogP contribution is 2.36. The molecule has 3 aromatic carbocycles. The first-order chi connectivity index (χ1) is 16.0. The quantitative estimate of drug-likeness (QED) is 0.217. The van der Waals surface area contributed by atoms with Gasteiger partial charge in [-0.15, -0.1) is 0 Å². The predicted octanol–water partition coefficient (Wildman–Crippen LogP) is 5.20. The minimum absolute atomic E-state index is 0.00326. The van der Waals surface area contributed by atoms with E-state index in [2.05, 4.69) is 0 Å². The van der Waals surface area contributed by atoms with E-state index < -0.39 is 29.0 Å². The normalized spacial score (nSPS) is 11.6. The summed E-state index contributed by atoms with van der Waals surface area (Å²) in [6.07, 6.45) is -3.60. The van der Waals surface area contributed by atoms with E-state index in [1.165, 1.54) is 43.6 Å². The Hall–Kier alpha value is -4.34. The van der Waals surface area contributed by atoms with Crippen molar-refractivity contribution in [3.63, 3.8) is 0 Å². The number of rotatable bonds is 3. The molecule has 6 nitrogen and oxygen atoms in total. The number of pyridine rings is 1. The first kappa shape index (κ1) is 22.8. The highest BCUT2D eigenvalue weighted by Gasteiger charge is 2.34. The molecular formula is C24H16F4N2O4. The van der Waals surface area contributed by atoms with Gasteiger partial charge in [0, 0.05) is 22.8 Å². The number of fused-ring (bicyclic) bond motifs is 1. The monoisotopic (exact) mass is 472 g/mol. The van der Waals surface area contributed by atoms with Gasteiger partial charge in [0.15, 0.2) is 0 Å². The molecule has 1 aromatic heterocycles. The fraction of sp³-hybridized carbons (Fsp3) is 0.0833. The van der Waals surface area contributed by atoms with Crippen LogP contribution in [0.3, 0.4) is 0 Å². The van der Waals surface area contributed by atoms with Crippen molar-refractivity contribution >= 4 is 16.7 Å². The highest BCUT2D eigenvalue weighted by atomic mass is 19.4.